The van der Waals surface area contributed by atoms with Crippen LogP contribution in [0.4, 0.5) is 35.3 Å². The summed E-state index contributed by atoms with van der Waals surface area (Å²) in [6.45, 7) is 17.6. The molecule has 6 aliphatic rings. The molecule has 0 bridgehead atoms. The number of benzene rings is 1. The van der Waals surface area contributed by atoms with Crippen LogP contribution in [0.1, 0.15) is 210 Å². The van der Waals surface area contributed by atoms with Crippen LogP contribution < -0.4 is 49.1 Å². The molecule has 0 spiro atoms. The molecule has 3 fully saturated rings. The number of carbonyl (C=O) groups excluding carboxylic acids is 2. The molecule has 6 aliphatic carbocycles. The molecular formula is C68H93N17O3. The molecular weight excluding hydrogens is 1100 g/mol. The summed E-state index contributed by atoms with van der Waals surface area (Å²) < 4.78 is 0. The zero-order chi connectivity index (χ0) is 62.2. The third kappa shape index (κ3) is 16.4. The predicted octanol–water partition coefficient (Wildman–Crippen LogP) is 11.0. The van der Waals surface area contributed by atoms with Crippen molar-refractivity contribution in [2.45, 2.75) is 218 Å². The molecule has 0 radical (unpaired) electrons. The number of aryl methyl sites for hydroxylation is 2. The number of hydrogen-bond donors (Lipinski definition) is 10. The van der Waals surface area contributed by atoms with E-state index in [4.69, 9.17) is 22.2 Å². The van der Waals surface area contributed by atoms with Gasteiger partial charge in [-0.1, -0.05) is 97.4 Å². The fourth-order valence-electron chi connectivity index (χ4n) is 14.0. The number of rotatable bonds is 15. The van der Waals surface area contributed by atoms with Gasteiger partial charge in [-0.2, -0.15) is 15.0 Å². The van der Waals surface area contributed by atoms with Gasteiger partial charge in [-0.3, -0.25) is 19.6 Å². The molecule has 0 aliphatic heterocycles. The topological polar surface area (TPSA) is 308 Å². The maximum Gasteiger partial charge on any atom is 0.254 e. The van der Waals surface area contributed by atoms with Crippen molar-refractivity contribution < 1.29 is 14.7 Å². The Hall–Kier alpha value is -8.00. The van der Waals surface area contributed by atoms with E-state index >= 15 is 0 Å². The van der Waals surface area contributed by atoms with Crippen LogP contribution in [-0.2, 0) is 31.1 Å². The Kier molecular flexibility index (Phi) is 19.8. The lowest BCUT2D eigenvalue weighted by atomic mass is 9.71. The van der Waals surface area contributed by atoms with E-state index in [1.165, 1.54) is 71.7 Å². The second kappa shape index (κ2) is 27.6. The van der Waals surface area contributed by atoms with Crippen molar-refractivity contribution in [1.82, 2.24) is 39.9 Å². The van der Waals surface area contributed by atoms with Gasteiger partial charge in [0.1, 0.15) is 17.5 Å². The van der Waals surface area contributed by atoms with Crippen LogP contribution in [0.3, 0.4) is 0 Å². The quantitative estimate of drug-likeness (QED) is 0.0457. The van der Waals surface area contributed by atoms with Crippen LogP contribution in [0.5, 0.6) is 0 Å². The summed E-state index contributed by atoms with van der Waals surface area (Å²) in [6.07, 6.45) is 28.6. The van der Waals surface area contributed by atoms with Crippen molar-refractivity contribution in [3.8, 4) is 0 Å². The lowest BCUT2D eigenvalue weighted by Crippen LogP contribution is -2.33. The maximum absolute atomic E-state index is 11.9. The van der Waals surface area contributed by atoms with Crippen molar-refractivity contribution >= 4 is 52.8 Å². The van der Waals surface area contributed by atoms with Gasteiger partial charge in [0.2, 0.25) is 17.8 Å². The van der Waals surface area contributed by atoms with E-state index in [2.05, 4.69) is 151 Å². The predicted molar refractivity (Wildman–Crippen MR) is 350 cm³/mol. The molecule has 6 aromatic rings. The number of aliphatic hydroxyl groups is 1. The van der Waals surface area contributed by atoms with Crippen molar-refractivity contribution in [1.29, 1.82) is 0 Å². The number of carbonyl (C=O) groups is 2. The number of fused-ring (bicyclic) bond motifs is 3. The number of amides is 2. The molecule has 7 atom stereocenters. The number of pyridine rings is 2. The fraction of sp³-hybridized carbons (Fsp3) is 0.529. The standard InChI is InChI=1S/C24H33N5O.2C22H30N6O/c1-15(25)19-14-26-23(29-22(19)27-16-7-6-8-17(30)13-16)28-21-11-12-24(2,3)20-10-5-4-9-18(20)21;2*1-22(2)9-3-6-16(12-22)26-20-17(19(23)29)13-25-21(28-20)27-15-7-8-18-14(11-15)5-4-10-24-18/h4-5,9-10,14,16-17,21,30H,1,6-8,11-13,25H2,2-3H3,(H2,26,27,28,29);2*4-5,10,13,15-16H,3,6-9,11-12H2,1-2H3,(H2,23,29)(H2,25,26,27,28)/t16-,17+,21?;15-,16+;15-,16-/m101/s1. The Balaban J connectivity index is 0.000000146. The molecule has 468 valence electrons. The number of nitrogens with zero attached hydrogens (tertiary/aromatic N) is 8. The highest BCUT2D eigenvalue weighted by Crippen LogP contribution is 2.43. The average molecular weight is 1200 g/mol. The number of aromatic nitrogens is 8. The third-order valence-corrected chi connectivity index (χ3v) is 18.8. The lowest BCUT2D eigenvalue weighted by molar-refractivity contribution is 0.0991. The van der Waals surface area contributed by atoms with Crippen LogP contribution in [0.2, 0.25) is 0 Å². The van der Waals surface area contributed by atoms with Crippen LogP contribution in [0.15, 0.2) is 86.1 Å². The largest absolute Gasteiger partial charge is 0.399 e. The zero-order valence-corrected chi connectivity index (χ0v) is 52.5. The Labute approximate surface area is 519 Å². The maximum atomic E-state index is 11.9. The summed E-state index contributed by atoms with van der Waals surface area (Å²) in [7, 11) is 0. The molecule has 0 saturated heterocycles. The molecule has 20 heteroatoms. The minimum atomic E-state index is -0.508. The number of hydrogen-bond acceptors (Lipinski definition) is 18. The Morgan fingerprint density at radius 3 is 1.50 bits per heavy atom. The first kappa shape index (κ1) is 63.0. The van der Waals surface area contributed by atoms with E-state index in [1.54, 1.807) is 6.20 Å². The van der Waals surface area contributed by atoms with E-state index in [0.717, 1.165) is 96.3 Å². The lowest BCUT2D eigenvalue weighted by Gasteiger charge is -2.37. The first-order valence-corrected chi connectivity index (χ1v) is 32.0. The van der Waals surface area contributed by atoms with Crippen molar-refractivity contribution in [3.05, 3.63) is 136 Å². The van der Waals surface area contributed by atoms with Gasteiger partial charge in [-0.05, 0) is 166 Å². The zero-order valence-electron chi connectivity index (χ0n) is 52.5. The van der Waals surface area contributed by atoms with E-state index < -0.39 is 11.8 Å². The summed E-state index contributed by atoms with van der Waals surface area (Å²) in [5.41, 5.74) is 27.3. The fourth-order valence-corrected chi connectivity index (χ4v) is 14.0. The summed E-state index contributed by atoms with van der Waals surface area (Å²) in [6, 6.07) is 18.3. The van der Waals surface area contributed by atoms with E-state index in [9.17, 15) is 14.7 Å². The Morgan fingerprint density at radius 1 is 0.523 bits per heavy atom. The smallest absolute Gasteiger partial charge is 0.254 e. The normalized spacial score (nSPS) is 23.8. The Morgan fingerprint density at radius 2 is 1.00 bits per heavy atom. The molecule has 1 aromatic carbocycles. The second-order valence-electron chi connectivity index (χ2n) is 27.6. The number of anilines is 6. The molecule has 3 saturated carbocycles. The SMILES string of the molecule is C=C(N)c1cnc(NC2CCC(C)(C)c3ccccc32)nc1N[C@@H]1CCC[C@H](O)C1.CC1(C)CCC[C@@H](Nc2nc(N[C@@H]3CCc4ncccc4C3)ncc2C(N)=O)C1.CC1(C)CCC[C@@H](Nc2nc(N[C@H]3CCc4ncccc4C3)ncc2C(N)=O)C1. The molecule has 5 heterocycles. The van der Waals surface area contributed by atoms with Crippen LogP contribution in [0.25, 0.3) is 5.70 Å². The van der Waals surface area contributed by atoms with Gasteiger partial charge in [0.05, 0.1) is 28.8 Å². The molecule has 2 amide bonds. The first-order valence-electron chi connectivity index (χ1n) is 32.0. The van der Waals surface area contributed by atoms with Gasteiger partial charge in [0.15, 0.2) is 0 Å². The number of aliphatic hydroxyl groups excluding tert-OH is 1. The Bertz CT molecular complexity index is 3280. The van der Waals surface area contributed by atoms with E-state index in [1.807, 2.05) is 24.5 Å². The van der Waals surface area contributed by atoms with Crippen LogP contribution in [0, 0.1) is 10.8 Å². The molecule has 5 aromatic heterocycles. The molecule has 13 N–H and O–H groups in total. The average Bonchev–Trinajstić information content (AvgIpc) is 1.91. The van der Waals surface area contributed by atoms with E-state index in [0.29, 0.717) is 74.9 Å². The highest BCUT2D eigenvalue weighted by atomic mass is 16.3. The second-order valence-corrected chi connectivity index (χ2v) is 27.6. The van der Waals surface area contributed by atoms with Gasteiger partial charge in [-0.15, -0.1) is 0 Å². The summed E-state index contributed by atoms with van der Waals surface area (Å²) in [5.74, 6) is 2.39. The summed E-state index contributed by atoms with van der Waals surface area (Å²) in [5, 5.41) is 30.9. The van der Waals surface area contributed by atoms with Crippen molar-refractivity contribution in [3.63, 3.8) is 0 Å². The molecule has 20 nitrogen and oxygen atoms in total. The van der Waals surface area contributed by atoms with Gasteiger partial charge >= 0.3 is 0 Å². The number of nitrogens with two attached hydrogens (primary N) is 3. The highest BCUT2D eigenvalue weighted by molar-refractivity contribution is 5.98. The molecule has 1 unspecified atom stereocenters. The van der Waals surface area contributed by atoms with Crippen LogP contribution in [-0.4, -0.2) is 93.1 Å². The van der Waals surface area contributed by atoms with Gasteiger partial charge in [-0.25, -0.2) is 15.0 Å². The minimum Gasteiger partial charge on any atom is -0.399 e. The van der Waals surface area contributed by atoms with Gasteiger partial charge < -0.3 is 54.2 Å². The van der Waals surface area contributed by atoms with Gasteiger partial charge in [0.25, 0.3) is 11.8 Å². The molecule has 88 heavy (non-hydrogen) atoms. The van der Waals surface area contributed by atoms with Crippen LogP contribution >= 0.6 is 0 Å². The summed E-state index contributed by atoms with van der Waals surface area (Å²) in [4.78, 5) is 60.0. The third-order valence-electron chi connectivity index (χ3n) is 18.8. The summed E-state index contributed by atoms with van der Waals surface area (Å²) >= 11 is 0. The minimum absolute atomic E-state index is 0.172. The van der Waals surface area contributed by atoms with Crippen molar-refractivity contribution in [2.75, 3.05) is 31.9 Å². The number of nitrogens with one attached hydrogen (secondary N) is 6. The highest BCUT2D eigenvalue weighted by Gasteiger charge is 2.34. The van der Waals surface area contributed by atoms with Crippen molar-refractivity contribution in [2.24, 2.45) is 28.0 Å². The monoisotopic (exact) mass is 1200 g/mol. The van der Waals surface area contributed by atoms with E-state index in [-0.39, 0.29) is 47.8 Å². The van der Waals surface area contributed by atoms with Gasteiger partial charge in [0, 0.05) is 78.3 Å². The number of primary amides is 2. The first-order chi connectivity index (χ1) is 42.1. The molecule has 12 rings (SSSR count).